The van der Waals surface area contributed by atoms with Gasteiger partial charge in [-0.1, -0.05) is 11.8 Å². The number of thioether (sulfide) groups is 1. The molecule has 4 heterocycles. The average Bonchev–Trinajstić information content (AvgIpc) is 3.43. The van der Waals surface area contributed by atoms with Crippen LogP contribution in [0, 0.1) is 39.0 Å². The number of carbonyl (C=O) groups is 1. The molecule has 1 saturated heterocycles. The van der Waals surface area contributed by atoms with Gasteiger partial charge in [-0.05, 0) is 52.2 Å². The molecule has 1 N–H and O–H groups in total. The van der Waals surface area contributed by atoms with Crippen LogP contribution in [0.2, 0.25) is 0 Å². The van der Waals surface area contributed by atoms with E-state index in [1.165, 1.54) is 11.8 Å². The largest absolute Gasteiger partial charge is 0.376 e. The van der Waals surface area contributed by atoms with E-state index in [9.17, 15) is 10.1 Å². The Hall–Kier alpha value is -2.90. The van der Waals surface area contributed by atoms with Crippen LogP contribution >= 0.6 is 11.8 Å². The summed E-state index contributed by atoms with van der Waals surface area (Å²) >= 11 is 1.29. The normalized spacial score (nSPS) is 16.0. The molecule has 1 fully saturated rings. The second-order valence-electron chi connectivity index (χ2n) is 7.79. The molecule has 0 aromatic carbocycles. The van der Waals surface area contributed by atoms with Gasteiger partial charge in [0.05, 0.1) is 24.0 Å². The van der Waals surface area contributed by atoms with Crippen LogP contribution in [0.1, 0.15) is 41.1 Å². The van der Waals surface area contributed by atoms with Gasteiger partial charge >= 0.3 is 0 Å². The van der Waals surface area contributed by atoms with Crippen molar-refractivity contribution in [2.75, 3.05) is 17.7 Å². The summed E-state index contributed by atoms with van der Waals surface area (Å²) in [5.74, 6) is 0.992. The number of nitrogens with one attached hydrogen (secondary N) is 1. The van der Waals surface area contributed by atoms with Crippen LogP contribution in [-0.4, -0.2) is 48.5 Å². The fraction of sp³-hybridized carbons (Fsp3) is 0.476. The maximum absolute atomic E-state index is 12.8. The summed E-state index contributed by atoms with van der Waals surface area (Å²) in [7, 11) is 0. The number of ether oxygens (including phenoxy) is 1. The molecule has 1 atom stereocenters. The van der Waals surface area contributed by atoms with Crippen LogP contribution in [0.3, 0.4) is 0 Å². The van der Waals surface area contributed by atoms with Crippen molar-refractivity contribution >= 4 is 29.3 Å². The van der Waals surface area contributed by atoms with Crippen molar-refractivity contribution in [3.05, 3.63) is 34.3 Å². The zero-order valence-electron chi connectivity index (χ0n) is 18.1. The van der Waals surface area contributed by atoms with Gasteiger partial charge in [0, 0.05) is 23.7 Å². The van der Waals surface area contributed by atoms with Crippen LogP contribution < -0.4 is 5.32 Å². The van der Waals surface area contributed by atoms with E-state index in [4.69, 9.17) is 4.74 Å². The van der Waals surface area contributed by atoms with Gasteiger partial charge < -0.3 is 14.6 Å². The first kappa shape index (κ1) is 21.3. The van der Waals surface area contributed by atoms with E-state index in [0.29, 0.717) is 28.9 Å². The quantitative estimate of drug-likeness (QED) is 0.588. The summed E-state index contributed by atoms with van der Waals surface area (Å²) in [4.78, 5) is 17.2. The van der Waals surface area contributed by atoms with Crippen molar-refractivity contribution < 1.29 is 9.53 Å². The minimum absolute atomic E-state index is 0.100. The SMILES string of the molecule is Cc1cc(C)n2c(SCC(=O)Nc3c(C#N)c(C)c(C)n3CC3CCCO3)nnc2n1. The van der Waals surface area contributed by atoms with E-state index in [2.05, 4.69) is 26.6 Å². The smallest absolute Gasteiger partial charge is 0.256 e. The monoisotopic (exact) mass is 439 g/mol. The maximum Gasteiger partial charge on any atom is 0.256 e. The molecule has 4 rings (SSSR count). The molecule has 0 saturated carbocycles. The molecule has 1 aliphatic rings. The summed E-state index contributed by atoms with van der Waals surface area (Å²) in [5, 5.41) is 21.5. The second-order valence-corrected chi connectivity index (χ2v) is 8.73. The van der Waals surface area contributed by atoms with Crippen molar-refractivity contribution in [2.24, 2.45) is 0 Å². The molecular formula is C21H25N7O2S. The van der Waals surface area contributed by atoms with Gasteiger partial charge in [-0.25, -0.2) is 4.98 Å². The van der Waals surface area contributed by atoms with Crippen LogP contribution in [0.25, 0.3) is 5.78 Å². The molecule has 1 amide bonds. The highest BCUT2D eigenvalue weighted by molar-refractivity contribution is 7.99. The van der Waals surface area contributed by atoms with Gasteiger partial charge in [-0.15, -0.1) is 10.2 Å². The molecule has 0 bridgehead atoms. The number of rotatable bonds is 6. The molecule has 10 heteroatoms. The fourth-order valence-electron chi connectivity index (χ4n) is 3.94. The Morgan fingerprint density at radius 1 is 1.35 bits per heavy atom. The predicted molar refractivity (Wildman–Crippen MR) is 117 cm³/mol. The highest BCUT2D eigenvalue weighted by Crippen LogP contribution is 2.29. The second kappa shape index (κ2) is 8.69. The summed E-state index contributed by atoms with van der Waals surface area (Å²) in [6, 6.07) is 4.19. The maximum atomic E-state index is 12.8. The van der Waals surface area contributed by atoms with Crippen LogP contribution in [-0.2, 0) is 16.1 Å². The van der Waals surface area contributed by atoms with Crippen molar-refractivity contribution in [2.45, 2.75) is 58.3 Å². The van der Waals surface area contributed by atoms with E-state index in [1.807, 2.05) is 42.7 Å². The van der Waals surface area contributed by atoms with E-state index >= 15 is 0 Å². The Labute approximate surface area is 184 Å². The first-order valence-electron chi connectivity index (χ1n) is 10.2. The number of nitriles is 1. The number of hydrogen-bond acceptors (Lipinski definition) is 7. The Morgan fingerprint density at radius 3 is 2.87 bits per heavy atom. The molecule has 31 heavy (non-hydrogen) atoms. The molecule has 1 unspecified atom stereocenters. The van der Waals surface area contributed by atoms with Crippen LogP contribution in [0.15, 0.2) is 11.2 Å². The number of aryl methyl sites for hydroxylation is 2. The first-order chi connectivity index (χ1) is 14.9. The van der Waals surface area contributed by atoms with E-state index in [0.717, 1.165) is 42.1 Å². The number of hydrogen-bond donors (Lipinski definition) is 1. The number of anilines is 1. The molecule has 0 radical (unpaired) electrons. The zero-order chi connectivity index (χ0) is 22.1. The third-order valence-corrected chi connectivity index (χ3v) is 6.53. The van der Waals surface area contributed by atoms with Crippen LogP contribution in [0.4, 0.5) is 5.82 Å². The van der Waals surface area contributed by atoms with Crippen molar-refractivity contribution in [3.8, 4) is 6.07 Å². The summed E-state index contributed by atoms with van der Waals surface area (Å²) in [5.41, 5.74) is 4.17. The van der Waals surface area contributed by atoms with Gasteiger partial charge in [0.15, 0.2) is 5.16 Å². The highest BCUT2D eigenvalue weighted by atomic mass is 32.2. The lowest BCUT2D eigenvalue weighted by molar-refractivity contribution is -0.113. The Morgan fingerprint density at radius 2 is 2.16 bits per heavy atom. The number of nitrogens with zero attached hydrogens (tertiary/aromatic N) is 6. The zero-order valence-corrected chi connectivity index (χ0v) is 18.9. The van der Waals surface area contributed by atoms with Gasteiger partial charge in [0.1, 0.15) is 11.9 Å². The molecule has 162 valence electrons. The topological polar surface area (TPSA) is 110 Å². The fourth-order valence-corrected chi connectivity index (χ4v) is 4.73. The third-order valence-electron chi connectivity index (χ3n) is 5.60. The summed E-state index contributed by atoms with van der Waals surface area (Å²) in [6.45, 7) is 9.12. The number of fused-ring (bicyclic) bond motifs is 1. The van der Waals surface area contributed by atoms with Crippen LogP contribution in [0.5, 0.6) is 0 Å². The minimum atomic E-state index is -0.206. The van der Waals surface area contributed by atoms with Gasteiger partial charge in [-0.2, -0.15) is 5.26 Å². The molecule has 3 aromatic heterocycles. The minimum Gasteiger partial charge on any atom is -0.376 e. The first-order valence-corrected chi connectivity index (χ1v) is 11.2. The highest BCUT2D eigenvalue weighted by Gasteiger charge is 2.24. The van der Waals surface area contributed by atoms with Crippen molar-refractivity contribution in [3.63, 3.8) is 0 Å². The van der Waals surface area contributed by atoms with E-state index < -0.39 is 0 Å². The molecular weight excluding hydrogens is 414 g/mol. The molecule has 3 aromatic rings. The average molecular weight is 440 g/mol. The molecule has 0 spiro atoms. The lowest BCUT2D eigenvalue weighted by Gasteiger charge is -2.16. The third kappa shape index (κ3) is 4.16. The van der Waals surface area contributed by atoms with E-state index in [-0.39, 0.29) is 17.8 Å². The lowest BCUT2D eigenvalue weighted by atomic mass is 10.2. The Bertz CT molecular complexity index is 1180. The number of carbonyl (C=O) groups excluding carboxylic acids is 1. The van der Waals surface area contributed by atoms with Gasteiger partial charge in [-0.3, -0.25) is 9.20 Å². The van der Waals surface area contributed by atoms with Crippen molar-refractivity contribution in [1.82, 2.24) is 24.1 Å². The Kier molecular flexibility index (Phi) is 5.98. The molecule has 1 aliphatic heterocycles. The summed E-state index contributed by atoms with van der Waals surface area (Å²) in [6.07, 6.45) is 2.12. The number of amides is 1. The molecule has 9 nitrogen and oxygen atoms in total. The predicted octanol–water partition coefficient (Wildman–Crippen LogP) is 2.94. The van der Waals surface area contributed by atoms with E-state index in [1.54, 1.807) is 0 Å². The number of aromatic nitrogens is 5. The summed E-state index contributed by atoms with van der Waals surface area (Å²) < 4.78 is 9.60. The van der Waals surface area contributed by atoms with Gasteiger partial charge in [0.25, 0.3) is 5.78 Å². The lowest BCUT2D eigenvalue weighted by Crippen LogP contribution is -2.22. The standard InChI is InChI=1S/C21H25N7O2S/c1-12-8-13(2)28-20(23-12)25-26-21(28)31-11-18(29)24-19-17(9-22)14(3)15(4)27(19)10-16-6-5-7-30-16/h8,16H,5-7,10-11H2,1-4H3,(H,24,29). The van der Waals surface area contributed by atoms with Gasteiger partial charge in [0.2, 0.25) is 5.91 Å². The van der Waals surface area contributed by atoms with Crippen molar-refractivity contribution in [1.29, 1.82) is 5.26 Å². The Balaban J connectivity index is 1.52. The molecule has 0 aliphatic carbocycles.